The molecule has 0 bridgehead atoms. The van der Waals surface area contributed by atoms with Crippen LogP contribution in [0.15, 0.2) is 0 Å². The molecule has 1 aliphatic rings. The third-order valence-electron chi connectivity index (χ3n) is 2.15. The van der Waals surface area contributed by atoms with Crippen LogP contribution >= 0.6 is 11.7 Å². The van der Waals surface area contributed by atoms with Crippen molar-refractivity contribution in [3.05, 3.63) is 11.4 Å². The molecule has 1 aromatic rings. The first-order valence-corrected chi connectivity index (χ1v) is 3.86. The van der Waals surface area contributed by atoms with Gasteiger partial charge in [-0.25, -0.2) is 0 Å². The molecule has 0 saturated heterocycles. The van der Waals surface area contributed by atoms with E-state index < -0.39 is 0 Å². The maximum Gasteiger partial charge on any atom is 0.0812 e. The van der Waals surface area contributed by atoms with Crippen LogP contribution in [0.1, 0.15) is 37.1 Å². The Labute approximate surface area is 58.2 Å². The second-order valence-electron chi connectivity index (χ2n) is 2.61. The molecule has 0 saturated carbocycles. The van der Waals surface area contributed by atoms with Crippen LogP contribution in [0.2, 0.25) is 0 Å². The van der Waals surface area contributed by atoms with Gasteiger partial charge in [-0.05, 0) is 0 Å². The Morgan fingerprint density at radius 1 is 1.11 bits per heavy atom. The molecule has 0 aliphatic heterocycles. The van der Waals surface area contributed by atoms with E-state index in [4.69, 9.17) is 0 Å². The first kappa shape index (κ1) is 5.35. The minimum atomic E-state index is 0.652. The van der Waals surface area contributed by atoms with Gasteiger partial charge in [-0.15, -0.1) is 0 Å². The molecule has 0 fully saturated rings. The number of rotatable bonds is 0. The van der Waals surface area contributed by atoms with Gasteiger partial charge >= 0.3 is 0 Å². The van der Waals surface area contributed by atoms with Gasteiger partial charge in [0.15, 0.2) is 0 Å². The highest BCUT2D eigenvalue weighted by Crippen LogP contribution is 2.43. The lowest BCUT2D eigenvalue weighted by molar-refractivity contribution is 0.518. The molecule has 3 heteroatoms. The highest BCUT2D eigenvalue weighted by atomic mass is 32.1. The Kier molecular flexibility index (Phi) is 0.913. The summed E-state index contributed by atoms with van der Waals surface area (Å²) in [6, 6.07) is 0. The van der Waals surface area contributed by atoms with Crippen LogP contribution in [0, 0.1) is 0 Å². The molecule has 2 rings (SSSR count). The zero-order valence-corrected chi connectivity index (χ0v) is 6.27. The molecule has 0 aromatic carbocycles. The zero-order valence-electron chi connectivity index (χ0n) is 5.46. The Morgan fingerprint density at radius 3 is 2.00 bits per heavy atom. The van der Waals surface area contributed by atoms with E-state index in [1.54, 1.807) is 0 Å². The molecule has 1 unspecified atom stereocenters. The summed E-state index contributed by atoms with van der Waals surface area (Å²) in [7, 11) is 0. The third-order valence-corrected chi connectivity index (χ3v) is 2.71. The monoisotopic (exact) mass is 140 g/mol. The fourth-order valence-electron chi connectivity index (χ4n) is 1.21. The molecule has 2 atom stereocenters. The summed E-state index contributed by atoms with van der Waals surface area (Å²) in [5.74, 6) is 1.30. The van der Waals surface area contributed by atoms with Crippen LogP contribution < -0.4 is 0 Å². The van der Waals surface area contributed by atoms with Gasteiger partial charge in [0.2, 0.25) is 0 Å². The second kappa shape index (κ2) is 1.53. The summed E-state index contributed by atoms with van der Waals surface area (Å²) in [6.45, 7) is 4.41. The Bertz CT molecular complexity index is 208. The van der Waals surface area contributed by atoms with Crippen molar-refractivity contribution in [3.63, 3.8) is 0 Å². The van der Waals surface area contributed by atoms with Gasteiger partial charge in [-0.3, -0.25) is 0 Å². The van der Waals surface area contributed by atoms with Crippen molar-refractivity contribution in [1.29, 1.82) is 0 Å². The summed E-state index contributed by atoms with van der Waals surface area (Å²) >= 11 is 1.34. The predicted molar refractivity (Wildman–Crippen MR) is 36.7 cm³/mol. The van der Waals surface area contributed by atoms with Crippen molar-refractivity contribution < 1.29 is 0 Å². The first-order chi connectivity index (χ1) is 4.30. The summed E-state index contributed by atoms with van der Waals surface area (Å²) < 4.78 is 8.33. The molecule has 0 radical (unpaired) electrons. The molecule has 2 nitrogen and oxygen atoms in total. The molecular weight excluding hydrogens is 132 g/mol. The Morgan fingerprint density at radius 2 is 1.56 bits per heavy atom. The molecular formula is C6H8N2S. The maximum absolute atomic E-state index is 4.16. The summed E-state index contributed by atoms with van der Waals surface area (Å²) in [5, 5.41) is 0. The van der Waals surface area contributed by atoms with Crippen molar-refractivity contribution in [2.45, 2.75) is 25.7 Å². The molecule has 0 spiro atoms. The fraction of sp³-hybridized carbons (Fsp3) is 0.667. The van der Waals surface area contributed by atoms with Crippen molar-refractivity contribution in [2.75, 3.05) is 0 Å². The molecule has 1 aromatic heterocycles. The van der Waals surface area contributed by atoms with Gasteiger partial charge in [0.05, 0.1) is 23.1 Å². The zero-order chi connectivity index (χ0) is 6.43. The van der Waals surface area contributed by atoms with E-state index in [0.717, 1.165) is 0 Å². The lowest BCUT2D eigenvalue weighted by Gasteiger charge is -2.27. The van der Waals surface area contributed by atoms with Crippen molar-refractivity contribution in [2.24, 2.45) is 0 Å². The van der Waals surface area contributed by atoms with Gasteiger partial charge < -0.3 is 0 Å². The Balaban J connectivity index is 2.50. The van der Waals surface area contributed by atoms with Crippen molar-refractivity contribution >= 4 is 11.7 Å². The summed E-state index contributed by atoms with van der Waals surface area (Å²) in [4.78, 5) is 0. The second-order valence-corrected chi connectivity index (χ2v) is 3.14. The first-order valence-electron chi connectivity index (χ1n) is 3.13. The van der Waals surface area contributed by atoms with E-state index in [2.05, 4.69) is 22.6 Å². The van der Waals surface area contributed by atoms with Crippen molar-refractivity contribution in [1.82, 2.24) is 8.75 Å². The van der Waals surface area contributed by atoms with Crippen LogP contribution in [0.4, 0.5) is 0 Å². The molecule has 48 valence electrons. The van der Waals surface area contributed by atoms with Crippen LogP contribution in [-0.4, -0.2) is 8.75 Å². The average Bonchev–Trinajstić information content (AvgIpc) is 2.30. The van der Waals surface area contributed by atoms with E-state index in [0.29, 0.717) is 11.8 Å². The van der Waals surface area contributed by atoms with Gasteiger partial charge in [0, 0.05) is 11.8 Å². The van der Waals surface area contributed by atoms with E-state index in [9.17, 15) is 0 Å². The molecule has 0 N–H and O–H groups in total. The fourth-order valence-corrected chi connectivity index (χ4v) is 1.95. The number of nitrogens with zero attached hydrogens (tertiary/aromatic N) is 2. The van der Waals surface area contributed by atoms with E-state index in [1.807, 2.05) is 0 Å². The maximum atomic E-state index is 4.16. The topological polar surface area (TPSA) is 25.8 Å². The number of hydrogen-bond donors (Lipinski definition) is 0. The molecule has 1 heterocycles. The standard InChI is InChI=1S/C6H8N2S/c1-3-4(2)6-5(3)7-9-8-6/h3-4H,1-2H3/t3-,4?/m0/s1. The van der Waals surface area contributed by atoms with Crippen LogP contribution in [-0.2, 0) is 0 Å². The summed E-state index contributed by atoms with van der Waals surface area (Å²) in [5.41, 5.74) is 2.46. The highest BCUT2D eigenvalue weighted by molar-refractivity contribution is 6.99. The van der Waals surface area contributed by atoms with E-state index in [1.165, 1.54) is 23.1 Å². The quantitative estimate of drug-likeness (QED) is 0.548. The number of hydrogen-bond acceptors (Lipinski definition) is 3. The van der Waals surface area contributed by atoms with Crippen LogP contribution in [0.5, 0.6) is 0 Å². The van der Waals surface area contributed by atoms with E-state index in [-0.39, 0.29) is 0 Å². The minimum absolute atomic E-state index is 0.652. The Hall–Kier alpha value is -0.440. The van der Waals surface area contributed by atoms with Gasteiger partial charge in [0.25, 0.3) is 0 Å². The molecule has 1 aliphatic carbocycles. The minimum Gasteiger partial charge on any atom is -0.177 e. The average molecular weight is 140 g/mol. The third kappa shape index (κ3) is 0.503. The van der Waals surface area contributed by atoms with Crippen molar-refractivity contribution in [3.8, 4) is 0 Å². The van der Waals surface area contributed by atoms with Crippen LogP contribution in [0.25, 0.3) is 0 Å². The van der Waals surface area contributed by atoms with Gasteiger partial charge in [-0.2, -0.15) is 8.75 Å². The van der Waals surface area contributed by atoms with Crippen LogP contribution in [0.3, 0.4) is 0 Å². The highest BCUT2D eigenvalue weighted by Gasteiger charge is 2.34. The largest absolute Gasteiger partial charge is 0.177 e. The lowest BCUT2D eigenvalue weighted by atomic mass is 9.77. The van der Waals surface area contributed by atoms with Gasteiger partial charge in [-0.1, -0.05) is 13.8 Å². The molecule has 0 amide bonds. The number of fused-ring (bicyclic) bond motifs is 1. The van der Waals surface area contributed by atoms with Gasteiger partial charge in [0.1, 0.15) is 0 Å². The predicted octanol–water partition coefficient (Wildman–Crippen LogP) is 1.76. The normalized spacial score (nSPS) is 31.3. The SMILES string of the molecule is CC1c2nsnc2[C@H]1C. The smallest absolute Gasteiger partial charge is 0.0812 e. The molecule has 9 heavy (non-hydrogen) atoms. The number of aromatic nitrogens is 2. The lowest BCUT2D eigenvalue weighted by Crippen LogP contribution is -2.18. The summed E-state index contributed by atoms with van der Waals surface area (Å²) in [6.07, 6.45) is 0. The van der Waals surface area contributed by atoms with E-state index >= 15 is 0 Å².